The van der Waals surface area contributed by atoms with Gasteiger partial charge in [0, 0.05) is 0 Å². The lowest BCUT2D eigenvalue weighted by Crippen LogP contribution is -2.14. The molecule has 0 saturated heterocycles. The molecule has 1 heterocycles. The van der Waals surface area contributed by atoms with Crippen molar-refractivity contribution in [3.63, 3.8) is 0 Å². The van der Waals surface area contributed by atoms with Crippen molar-refractivity contribution in [2.75, 3.05) is 92.5 Å². The van der Waals surface area contributed by atoms with E-state index in [0.717, 1.165) is 0 Å². The second-order valence-electron chi connectivity index (χ2n) is 6.93. The fraction of sp³-hybridized carbons (Fsp3) is 0.727. The van der Waals surface area contributed by atoms with Crippen LogP contribution < -0.4 is 0 Å². The zero-order valence-electron chi connectivity index (χ0n) is 19.1. The predicted molar refractivity (Wildman–Crippen MR) is 120 cm³/mol. The van der Waals surface area contributed by atoms with E-state index in [9.17, 15) is 8.76 Å². The van der Waals surface area contributed by atoms with Crippen molar-refractivity contribution in [1.82, 2.24) is 0 Å². The van der Waals surface area contributed by atoms with E-state index in [1.807, 2.05) is 6.07 Å². The second kappa shape index (κ2) is 19.3. The van der Waals surface area contributed by atoms with Gasteiger partial charge in [-0.3, -0.25) is 0 Å². The lowest BCUT2D eigenvalue weighted by molar-refractivity contribution is -0.0238. The molecule has 1 aliphatic rings. The zero-order chi connectivity index (χ0) is 23.4. The molecule has 0 spiro atoms. The third-order valence-electron chi connectivity index (χ3n) is 4.47. The summed E-state index contributed by atoms with van der Waals surface area (Å²) in [5.74, 6) is 0. The molecule has 1 aromatic carbocycles. The Morgan fingerprint density at radius 2 is 0.788 bits per heavy atom. The summed E-state index contributed by atoms with van der Waals surface area (Å²) in [6.45, 7) is 6.79. The van der Waals surface area contributed by atoms with E-state index in [0.29, 0.717) is 109 Å². The molecule has 0 saturated carbocycles. The highest BCUT2D eigenvalue weighted by atomic mass is 32.2. The van der Waals surface area contributed by atoms with Crippen molar-refractivity contribution < 1.29 is 46.7 Å². The molecule has 1 N–H and O–H groups in total. The molecule has 1 atom stereocenters. The number of hydrogen-bond acceptors (Lipinski definition) is 9. The second-order valence-corrected chi connectivity index (χ2v) is 7.84. The van der Waals surface area contributed by atoms with Gasteiger partial charge >= 0.3 is 0 Å². The van der Waals surface area contributed by atoms with Crippen molar-refractivity contribution in [1.29, 1.82) is 0 Å². The molecule has 1 aromatic rings. The van der Waals surface area contributed by atoms with Gasteiger partial charge in [0.15, 0.2) is 11.1 Å². The van der Waals surface area contributed by atoms with Crippen LogP contribution in [0.15, 0.2) is 23.1 Å². The molecular formula is C22H36O10S. The van der Waals surface area contributed by atoms with Gasteiger partial charge in [0.25, 0.3) is 0 Å². The summed E-state index contributed by atoms with van der Waals surface area (Å²) in [7, 11) is 0. The maximum Gasteiger partial charge on any atom is 0.187 e. The third kappa shape index (κ3) is 13.5. The summed E-state index contributed by atoms with van der Waals surface area (Å²) in [6, 6.07) is 5.36. The normalized spacial score (nSPS) is 21.6. The minimum Gasteiger partial charge on any atom is -0.377 e. The maximum atomic E-state index is 11.9. The molecule has 1 aliphatic heterocycles. The molecule has 1 unspecified atom stereocenters. The van der Waals surface area contributed by atoms with E-state index in [1.165, 1.54) is 0 Å². The first-order valence-corrected chi connectivity index (χ1v) is 12.2. The van der Waals surface area contributed by atoms with Crippen molar-refractivity contribution in [3.8, 4) is 0 Å². The number of hydrogen-bond donors (Lipinski definition) is 1. The molecule has 0 radical (unpaired) electrons. The largest absolute Gasteiger partial charge is 0.377 e. The van der Waals surface area contributed by atoms with E-state index < -0.39 is 11.1 Å². The Hall–Kier alpha value is -0.990. The van der Waals surface area contributed by atoms with Gasteiger partial charge in [-0.25, -0.2) is 4.21 Å². The van der Waals surface area contributed by atoms with Crippen LogP contribution in [0.3, 0.4) is 0 Å². The molecular weight excluding hydrogens is 456 g/mol. The van der Waals surface area contributed by atoms with Crippen LogP contribution in [-0.2, 0) is 62.2 Å². The summed E-state index contributed by atoms with van der Waals surface area (Å²) < 4.78 is 65.6. The van der Waals surface area contributed by atoms with Gasteiger partial charge < -0.3 is 42.4 Å². The lowest BCUT2D eigenvalue weighted by atomic mass is 10.1. The third-order valence-corrected chi connectivity index (χ3v) is 5.35. The molecule has 33 heavy (non-hydrogen) atoms. The van der Waals surface area contributed by atoms with Gasteiger partial charge in [-0.2, -0.15) is 0 Å². The van der Waals surface area contributed by atoms with Crippen molar-refractivity contribution in [3.05, 3.63) is 29.3 Å². The quantitative estimate of drug-likeness (QED) is 0.578. The minimum atomic E-state index is -2.15. The molecule has 0 aliphatic carbocycles. The van der Waals surface area contributed by atoms with Gasteiger partial charge in [-0.15, -0.1) is 0 Å². The van der Waals surface area contributed by atoms with E-state index in [1.54, 1.807) is 12.1 Å². The van der Waals surface area contributed by atoms with Crippen LogP contribution in [0, 0.1) is 0 Å². The first-order chi connectivity index (χ1) is 16.3. The highest BCUT2D eigenvalue weighted by Gasteiger charge is 2.14. The number of benzene rings is 1. The molecule has 11 heteroatoms. The Kier molecular flexibility index (Phi) is 16.5. The number of rotatable bonds is 1. The van der Waals surface area contributed by atoms with Crippen molar-refractivity contribution in [2.24, 2.45) is 0 Å². The summed E-state index contributed by atoms with van der Waals surface area (Å²) in [6.07, 6.45) is 0. The Morgan fingerprint density at radius 3 is 1.06 bits per heavy atom. The Labute approximate surface area is 198 Å². The van der Waals surface area contributed by atoms with E-state index in [4.69, 9.17) is 37.9 Å². The standard InChI is InChI=1S/C22H36O10S/c23-33(24)22-20-2-1-3-21(22)19-32-17-15-30-13-11-28-9-7-26-5-4-25-6-8-27-10-12-29-14-16-31-18-20/h1-3H,4-19H2,(H,23,24). The topological polar surface area (TPSA) is 111 Å². The van der Waals surface area contributed by atoms with Crippen LogP contribution in [0.4, 0.5) is 0 Å². The van der Waals surface area contributed by atoms with Crippen LogP contribution in [0.1, 0.15) is 11.1 Å². The maximum absolute atomic E-state index is 11.9. The van der Waals surface area contributed by atoms with Crippen LogP contribution in [0.5, 0.6) is 0 Å². The molecule has 2 bridgehead atoms. The van der Waals surface area contributed by atoms with Crippen LogP contribution in [0.2, 0.25) is 0 Å². The van der Waals surface area contributed by atoms with Gasteiger partial charge in [-0.05, 0) is 11.1 Å². The highest BCUT2D eigenvalue weighted by Crippen LogP contribution is 2.20. The molecule has 0 fully saturated rings. The molecule has 190 valence electrons. The lowest BCUT2D eigenvalue weighted by Gasteiger charge is -2.13. The van der Waals surface area contributed by atoms with Crippen molar-refractivity contribution in [2.45, 2.75) is 18.1 Å². The Bertz CT molecular complexity index is 601. The highest BCUT2D eigenvalue weighted by molar-refractivity contribution is 7.79. The average molecular weight is 493 g/mol. The minimum absolute atomic E-state index is 0.208. The summed E-state index contributed by atoms with van der Waals surface area (Å²) in [4.78, 5) is 0.322. The van der Waals surface area contributed by atoms with Gasteiger partial charge in [0.1, 0.15) is 0 Å². The molecule has 0 amide bonds. The van der Waals surface area contributed by atoms with E-state index in [2.05, 4.69) is 0 Å². The predicted octanol–water partition coefficient (Wildman–Crippen LogP) is 1.41. The fourth-order valence-corrected chi connectivity index (χ4v) is 3.59. The van der Waals surface area contributed by atoms with Gasteiger partial charge in [0.2, 0.25) is 0 Å². The summed E-state index contributed by atoms with van der Waals surface area (Å²) in [5.41, 5.74) is 1.30. The smallest absolute Gasteiger partial charge is 0.187 e. The van der Waals surface area contributed by atoms with E-state index >= 15 is 0 Å². The van der Waals surface area contributed by atoms with Crippen LogP contribution in [-0.4, -0.2) is 101 Å². The number of fused-ring (bicyclic) bond motifs is 2. The molecule has 0 aromatic heterocycles. The Balaban J connectivity index is 1.78. The van der Waals surface area contributed by atoms with Crippen molar-refractivity contribution >= 4 is 11.1 Å². The fourth-order valence-electron chi connectivity index (χ4n) is 2.89. The molecule has 2 rings (SSSR count). The zero-order valence-corrected chi connectivity index (χ0v) is 19.9. The van der Waals surface area contributed by atoms with Crippen LogP contribution >= 0.6 is 0 Å². The van der Waals surface area contributed by atoms with Crippen LogP contribution in [0.25, 0.3) is 0 Å². The first-order valence-electron chi connectivity index (χ1n) is 11.1. The SMILES string of the molecule is O=S(O)c1c2cccc1COCCOCCOCCOCCOCCOCCOCCOC2. The first kappa shape index (κ1) is 28.2. The van der Waals surface area contributed by atoms with Gasteiger partial charge in [-0.1, -0.05) is 18.2 Å². The number of ether oxygens (including phenoxy) is 8. The molecule has 10 nitrogen and oxygen atoms in total. The summed E-state index contributed by atoms with van der Waals surface area (Å²) in [5, 5.41) is 0. The summed E-state index contributed by atoms with van der Waals surface area (Å²) >= 11 is -2.15. The average Bonchev–Trinajstić information content (AvgIpc) is 2.81. The Morgan fingerprint density at radius 1 is 0.515 bits per heavy atom. The van der Waals surface area contributed by atoms with E-state index in [-0.39, 0.29) is 13.2 Å². The van der Waals surface area contributed by atoms with Gasteiger partial charge in [0.05, 0.1) is 111 Å². The monoisotopic (exact) mass is 492 g/mol.